The lowest BCUT2D eigenvalue weighted by Crippen LogP contribution is -2.35. The molecular weight excluding hydrogens is 423 g/mol. The van der Waals surface area contributed by atoms with Crippen LogP contribution in [0.5, 0.6) is 5.88 Å². The second-order valence-electron chi connectivity index (χ2n) is 5.36. The molecular formula is C14H12F3N5O6S. The number of carbonyl (C=O) groups excluding carboxylic acids is 1. The highest BCUT2D eigenvalue weighted by molar-refractivity contribution is 7.90. The van der Waals surface area contributed by atoms with Gasteiger partial charge in [-0.15, -0.1) is 0 Å². The number of sulfonamides is 1. The minimum absolute atomic E-state index is 0.119. The number of benzene rings is 1. The molecule has 0 atom stereocenters. The summed E-state index contributed by atoms with van der Waals surface area (Å²) in [5, 5.41) is 12.9. The first-order valence-electron chi connectivity index (χ1n) is 7.50. The summed E-state index contributed by atoms with van der Waals surface area (Å²) in [5.41, 5.74) is -0.642. The Kier molecular flexibility index (Phi) is 6.21. The molecule has 11 nitrogen and oxygen atoms in total. The average molecular weight is 435 g/mol. The summed E-state index contributed by atoms with van der Waals surface area (Å²) in [6.45, 7) is -0.267. The van der Waals surface area contributed by atoms with E-state index in [1.54, 1.807) is 0 Å². The molecule has 0 bridgehead atoms. The number of alkyl halides is 3. The van der Waals surface area contributed by atoms with Crippen molar-refractivity contribution in [2.75, 3.05) is 11.9 Å². The molecule has 0 saturated carbocycles. The maximum absolute atomic E-state index is 12.2. The lowest BCUT2D eigenvalue weighted by molar-refractivity contribution is -0.387. The summed E-state index contributed by atoms with van der Waals surface area (Å²) in [6, 6.07) is 3.98. The van der Waals surface area contributed by atoms with E-state index in [-0.39, 0.29) is 5.69 Å². The van der Waals surface area contributed by atoms with Gasteiger partial charge >= 0.3 is 12.2 Å². The average Bonchev–Trinajstić information content (AvgIpc) is 2.58. The monoisotopic (exact) mass is 435 g/mol. The van der Waals surface area contributed by atoms with Crippen molar-refractivity contribution in [1.82, 2.24) is 14.7 Å². The van der Waals surface area contributed by atoms with E-state index in [1.165, 1.54) is 23.8 Å². The first-order valence-corrected chi connectivity index (χ1v) is 8.98. The van der Waals surface area contributed by atoms with Crippen molar-refractivity contribution in [1.29, 1.82) is 0 Å². The number of nitrogens with one attached hydrogen (secondary N) is 2. The Morgan fingerprint density at radius 1 is 1.28 bits per heavy atom. The molecule has 1 heterocycles. The molecule has 156 valence electrons. The Bertz CT molecular complexity index is 1040. The highest BCUT2D eigenvalue weighted by Gasteiger charge is 2.29. The number of hydrogen-bond acceptors (Lipinski definition) is 8. The Balaban J connectivity index is 2.17. The van der Waals surface area contributed by atoms with E-state index >= 15 is 0 Å². The number of hydrogen-bond donors (Lipinski definition) is 2. The van der Waals surface area contributed by atoms with Crippen LogP contribution in [0.1, 0.15) is 5.69 Å². The lowest BCUT2D eigenvalue weighted by Gasteiger charge is -2.11. The Morgan fingerprint density at radius 3 is 2.55 bits per heavy atom. The van der Waals surface area contributed by atoms with E-state index in [2.05, 4.69) is 14.7 Å². The van der Waals surface area contributed by atoms with E-state index < -0.39 is 56.2 Å². The predicted molar refractivity (Wildman–Crippen MR) is 90.8 cm³/mol. The molecule has 2 N–H and O–H groups in total. The van der Waals surface area contributed by atoms with Crippen LogP contribution in [0.4, 0.5) is 29.6 Å². The number of urea groups is 1. The molecule has 15 heteroatoms. The minimum Gasteiger partial charge on any atom is -0.468 e. The summed E-state index contributed by atoms with van der Waals surface area (Å²) >= 11 is 0. The van der Waals surface area contributed by atoms with Crippen LogP contribution in [0.15, 0.2) is 35.2 Å². The van der Waals surface area contributed by atoms with Gasteiger partial charge in [-0.25, -0.2) is 22.9 Å². The maximum Gasteiger partial charge on any atom is 0.422 e. The van der Waals surface area contributed by atoms with Gasteiger partial charge in [0.25, 0.3) is 15.7 Å². The SMILES string of the molecule is Cc1cc(OCC(F)(F)F)nc(NC(=O)NS(=O)(=O)c2ccccc2[N+](=O)[O-])n1. The third-order valence-electron chi connectivity index (χ3n) is 3.02. The van der Waals surface area contributed by atoms with Crippen molar-refractivity contribution >= 4 is 27.7 Å². The van der Waals surface area contributed by atoms with Crippen LogP contribution in [0, 0.1) is 17.0 Å². The van der Waals surface area contributed by atoms with Crippen LogP contribution < -0.4 is 14.8 Å². The Labute approximate surface area is 161 Å². The van der Waals surface area contributed by atoms with Gasteiger partial charge in [0.15, 0.2) is 11.5 Å². The number of nitrogens with zero attached hydrogens (tertiary/aromatic N) is 3. The zero-order valence-electron chi connectivity index (χ0n) is 14.4. The molecule has 0 aliphatic carbocycles. The van der Waals surface area contributed by atoms with Gasteiger partial charge in [0, 0.05) is 17.8 Å². The first-order chi connectivity index (χ1) is 13.4. The summed E-state index contributed by atoms with van der Waals surface area (Å²) in [4.78, 5) is 28.4. The fourth-order valence-electron chi connectivity index (χ4n) is 1.96. The molecule has 2 amide bonds. The van der Waals surface area contributed by atoms with Crippen LogP contribution in [-0.2, 0) is 10.0 Å². The first kappa shape index (κ1) is 21.8. The number of nitro groups is 1. The molecule has 0 aliphatic heterocycles. The number of para-hydroxylation sites is 1. The summed E-state index contributed by atoms with van der Waals surface area (Å²) in [7, 11) is -4.64. The van der Waals surface area contributed by atoms with Crippen LogP contribution in [0.25, 0.3) is 0 Å². The highest BCUT2D eigenvalue weighted by Crippen LogP contribution is 2.23. The number of ether oxygens (including phenoxy) is 1. The quantitative estimate of drug-likeness (QED) is 0.517. The summed E-state index contributed by atoms with van der Waals surface area (Å²) < 4.78 is 67.1. The van der Waals surface area contributed by atoms with Gasteiger partial charge in [-0.1, -0.05) is 12.1 Å². The second-order valence-corrected chi connectivity index (χ2v) is 7.01. The molecule has 0 spiro atoms. The number of nitro benzene ring substituents is 1. The van der Waals surface area contributed by atoms with Gasteiger partial charge in [-0.2, -0.15) is 18.2 Å². The number of amides is 2. The number of halogens is 3. The third-order valence-corrected chi connectivity index (χ3v) is 4.40. The van der Waals surface area contributed by atoms with E-state index in [0.717, 1.165) is 18.2 Å². The van der Waals surface area contributed by atoms with Crippen molar-refractivity contribution in [2.24, 2.45) is 0 Å². The Hall–Kier alpha value is -3.49. The van der Waals surface area contributed by atoms with Gasteiger partial charge in [-0.3, -0.25) is 15.4 Å². The second kappa shape index (κ2) is 8.26. The van der Waals surface area contributed by atoms with E-state index in [1.807, 2.05) is 5.32 Å². The van der Waals surface area contributed by atoms with Gasteiger partial charge in [0.2, 0.25) is 11.8 Å². The molecule has 1 aromatic carbocycles. The molecule has 2 rings (SSSR count). The molecule has 0 radical (unpaired) electrons. The zero-order valence-corrected chi connectivity index (χ0v) is 15.2. The molecule has 0 fully saturated rings. The predicted octanol–water partition coefficient (Wildman–Crippen LogP) is 2.14. The van der Waals surface area contributed by atoms with Crippen molar-refractivity contribution in [3.63, 3.8) is 0 Å². The van der Waals surface area contributed by atoms with Crippen LogP contribution >= 0.6 is 0 Å². The summed E-state index contributed by atoms with van der Waals surface area (Å²) in [5.74, 6) is -1.05. The molecule has 0 saturated heterocycles. The topological polar surface area (TPSA) is 153 Å². The number of carbonyl (C=O) groups is 1. The highest BCUT2D eigenvalue weighted by atomic mass is 32.2. The molecule has 29 heavy (non-hydrogen) atoms. The molecule has 1 aromatic heterocycles. The zero-order chi connectivity index (χ0) is 21.8. The standard InChI is InChI=1S/C14H12F3N5O6S/c1-8-6-11(28-7-14(15,16)17)19-12(18-8)20-13(23)21-29(26,27)10-5-3-2-4-9(10)22(24)25/h2-6H,7H2,1H3,(H2,18,19,20,21,23). The lowest BCUT2D eigenvalue weighted by atomic mass is 10.3. The van der Waals surface area contributed by atoms with Crippen LogP contribution in [0.3, 0.4) is 0 Å². The Morgan fingerprint density at radius 2 is 1.93 bits per heavy atom. The number of anilines is 1. The largest absolute Gasteiger partial charge is 0.468 e. The van der Waals surface area contributed by atoms with Crippen molar-refractivity contribution in [2.45, 2.75) is 18.0 Å². The van der Waals surface area contributed by atoms with Gasteiger partial charge < -0.3 is 4.74 Å². The smallest absolute Gasteiger partial charge is 0.422 e. The number of aryl methyl sites for hydroxylation is 1. The van der Waals surface area contributed by atoms with Crippen molar-refractivity contribution < 1.29 is 36.0 Å². The normalized spacial score (nSPS) is 11.6. The van der Waals surface area contributed by atoms with Crippen molar-refractivity contribution in [3.05, 3.63) is 46.1 Å². The van der Waals surface area contributed by atoms with Gasteiger partial charge in [-0.05, 0) is 13.0 Å². The van der Waals surface area contributed by atoms with Crippen LogP contribution in [-0.4, -0.2) is 42.1 Å². The molecule has 0 aliphatic rings. The van der Waals surface area contributed by atoms with Crippen LogP contribution in [0.2, 0.25) is 0 Å². The van der Waals surface area contributed by atoms with Gasteiger partial charge in [0.1, 0.15) is 0 Å². The van der Waals surface area contributed by atoms with Gasteiger partial charge in [0.05, 0.1) is 4.92 Å². The number of rotatable bonds is 6. The van der Waals surface area contributed by atoms with E-state index in [4.69, 9.17) is 0 Å². The third kappa shape index (κ3) is 6.27. The fourth-order valence-corrected chi connectivity index (χ4v) is 3.05. The number of aromatic nitrogens is 2. The minimum atomic E-state index is -4.64. The van der Waals surface area contributed by atoms with Crippen molar-refractivity contribution in [3.8, 4) is 5.88 Å². The maximum atomic E-state index is 12.2. The summed E-state index contributed by atoms with van der Waals surface area (Å²) in [6.07, 6.45) is -4.62. The molecule has 2 aromatic rings. The van der Waals surface area contributed by atoms with E-state index in [9.17, 15) is 36.5 Å². The molecule has 0 unspecified atom stereocenters. The van der Waals surface area contributed by atoms with E-state index in [0.29, 0.717) is 0 Å². The fraction of sp³-hybridized carbons (Fsp3) is 0.214.